The molecule has 1 aliphatic rings. The van der Waals surface area contributed by atoms with Gasteiger partial charge in [0.25, 0.3) is 0 Å². The van der Waals surface area contributed by atoms with E-state index in [0.29, 0.717) is 25.6 Å². The molecule has 2 heterocycles. The average Bonchev–Trinajstić information content (AvgIpc) is 2.80. The summed E-state index contributed by atoms with van der Waals surface area (Å²) in [4.78, 5) is 4.35. The Morgan fingerprint density at radius 3 is 2.47 bits per heavy atom. The first-order chi connectivity index (χ1) is 8.12. The molecule has 0 aliphatic carbocycles. The zero-order valence-electron chi connectivity index (χ0n) is 11.2. The van der Waals surface area contributed by atoms with Crippen LogP contribution in [0.3, 0.4) is 0 Å². The van der Waals surface area contributed by atoms with Crippen LogP contribution in [0.15, 0.2) is 18.3 Å². The molecule has 1 fully saturated rings. The summed E-state index contributed by atoms with van der Waals surface area (Å²) in [5, 5.41) is 10.2. The molecular weight excluding hydrogens is 214 g/mol. The Morgan fingerprint density at radius 2 is 2.06 bits per heavy atom. The van der Waals surface area contributed by atoms with Crippen LogP contribution in [0.2, 0.25) is 0 Å². The van der Waals surface area contributed by atoms with Gasteiger partial charge in [0, 0.05) is 30.5 Å². The van der Waals surface area contributed by atoms with Crippen LogP contribution in [0.1, 0.15) is 51.3 Å². The van der Waals surface area contributed by atoms with Crippen LogP contribution >= 0.6 is 0 Å². The third-order valence-electron chi connectivity index (χ3n) is 2.92. The number of hydrogen-bond acceptors (Lipinski definition) is 3. The maximum atomic E-state index is 10.2. The van der Waals surface area contributed by atoms with E-state index in [1.54, 1.807) is 6.20 Å². The number of rotatable bonds is 2. The molecule has 2 rings (SSSR count). The molecule has 0 radical (unpaired) electrons. The van der Waals surface area contributed by atoms with Crippen molar-refractivity contribution >= 4 is 0 Å². The maximum Gasteiger partial charge on any atom is 0.117 e. The summed E-state index contributed by atoms with van der Waals surface area (Å²) in [7, 11) is 0. The Balaban J connectivity index is 0.000000686. The molecule has 1 aromatic heterocycles. The highest BCUT2D eigenvalue weighted by molar-refractivity contribution is 5.23. The highest BCUT2D eigenvalue weighted by Crippen LogP contribution is 2.30. The van der Waals surface area contributed by atoms with Crippen LogP contribution in [-0.2, 0) is 10.3 Å². The Hall–Kier alpha value is -0.930. The van der Waals surface area contributed by atoms with Crippen molar-refractivity contribution in [2.24, 2.45) is 0 Å². The van der Waals surface area contributed by atoms with Gasteiger partial charge in [-0.25, -0.2) is 0 Å². The summed E-state index contributed by atoms with van der Waals surface area (Å²) in [6.07, 6.45) is 2.43. The normalized spacial score (nSPS) is 23.4. The van der Waals surface area contributed by atoms with Gasteiger partial charge in [-0.15, -0.1) is 0 Å². The Kier molecular flexibility index (Phi) is 5.09. The van der Waals surface area contributed by atoms with Crippen molar-refractivity contribution in [1.29, 1.82) is 0 Å². The SMILES string of the molecule is CC.CC(C)c1ccc(C2(O)CCOC2)cn1. The molecule has 1 aliphatic heterocycles. The fourth-order valence-electron chi connectivity index (χ4n) is 1.80. The van der Waals surface area contributed by atoms with Crippen LogP contribution in [-0.4, -0.2) is 23.3 Å². The lowest BCUT2D eigenvalue weighted by atomic mass is 9.94. The molecule has 1 aromatic rings. The number of hydrogen-bond donors (Lipinski definition) is 1. The molecule has 3 heteroatoms. The van der Waals surface area contributed by atoms with Gasteiger partial charge in [0.2, 0.25) is 0 Å². The standard InChI is InChI=1S/C12H17NO2.C2H6/c1-9(2)11-4-3-10(7-13-11)12(14)5-6-15-8-12;1-2/h3-4,7,9,14H,5-6,8H2,1-2H3;1-2H3. The number of aromatic nitrogens is 1. The van der Waals surface area contributed by atoms with Crippen molar-refractivity contribution in [2.45, 2.75) is 45.6 Å². The summed E-state index contributed by atoms with van der Waals surface area (Å²) in [6, 6.07) is 3.94. The fourth-order valence-corrected chi connectivity index (χ4v) is 1.80. The topological polar surface area (TPSA) is 42.4 Å². The molecule has 0 spiro atoms. The van der Waals surface area contributed by atoms with Gasteiger partial charge in [0.1, 0.15) is 5.60 Å². The lowest BCUT2D eigenvalue weighted by Gasteiger charge is -2.20. The second-order valence-electron chi connectivity index (χ2n) is 4.46. The van der Waals surface area contributed by atoms with E-state index in [0.717, 1.165) is 11.3 Å². The smallest absolute Gasteiger partial charge is 0.117 e. The molecule has 17 heavy (non-hydrogen) atoms. The van der Waals surface area contributed by atoms with Crippen LogP contribution in [0.25, 0.3) is 0 Å². The summed E-state index contributed by atoms with van der Waals surface area (Å²) in [6.45, 7) is 9.23. The van der Waals surface area contributed by atoms with Crippen LogP contribution in [0.5, 0.6) is 0 Å². The maximum absolute atomic E-state index is 10.2. The molecule has 96 valence electrons. The average molecular weight is 237 g/mol. The fraction of sp³-hybridized carbons (Fsp3) is 0.643. The van der Waals surface area contributed by atoms with E-state index in [2.05, 4.69) is 18.8 Å². The molecule has 0 bridgehead atoms. The Morgan fingerprint density at radius 1 is 1.35 bits per heavy atom. The number of ether oxygens (including phenoxy) is 1. The van der Waals surface area contributed by atoms with Crippen LogP contribution in [0, 0.1) is 0 Å². The predicted molar refractivity (Wildman–Crippen MR) is 69.0 cm³/mol. The summed E-state index contributed by atoms with van der Waals surface area (Å²) >= 11 is 0. The third-order valence-corrected chi connectivity index (χ3v) is 2.92. The number of nitrogens with zero attached hydrogens (tertiary/aromatic N) is 1. The van der Waals surface area contributed by atoms with Gasteiger partial charge in [-0.3, -0.25) is 4.98 Å². The largest absolute Gasteiger partial charge is 0.383 e. The summed E-state index contributed by atoms with van der Waals surface area (Å²) in [5.74, 6) is 0.425. The molecule has 1 unspecified atom stereocenters. The first-order valence-corrected chi connectivity index (χ1v) is 6.38. The van der Waals surface area contributed by atoms with Crippen molar-refractivity contribution in [3.05, 3.63) is 29.6 Å². The second-order valence-corrected chi connectivity index (χ2v) is 4.46. The monoisotopic (exact) mass is 237 g/mol. The predicted octanol–water partition coefficient (Wildman–Crippen LogP) is 2.84. The van der Waals surface area contributed by atoms with E-state index in [1.807, 2.05) is 26.0 Å². The minimum atomic E-state index is -0.817. The first kappa shape index (κ1) is 14.1. The van der Waals surface area contributed by atoms with E-state index in [9.17, 15) is 5.11 Å². The zero-order valence-corrected chi connectivity index (χ0v) is 11.2. The molecule has 1 saturated heterocycles. The molecule has 1 N–H and O–H groups in total. The highest BCUT2D eigenvalue weighted by Gasteiger charge is 2.34. The highest BCUT2D eigenvalue weighted by atomic mass is 16.5. The van der Waals surface area contributed by atoms with Crippen molar-refractivity contribution in [1.82, 2.24) is 4.98 Å². The molecular formula is C14H23NO2. The summed E-state index contributed by atoms with van der Waals surface area (Å²) < 4.78 is 5.21. The number of pyridine rings is 1. The zero-order chi connectivity index (χ0) is 12.9. The minimum Gasteiger partial charge on any atom is -0.383 e. The van der Waals surface area contributed by atoms with Crippen molar-refractivity contribution < 1.29 is 9.84 Å². The second kappa shape index (κ2) is 6.12. The van der Waals surface area contributed by atoms with E-state index in [1.165, 1.54) is 0 Å². The molecule has 0 saturated carbocycles. The molecule has 0 amide bonds. The van der Waals surface area contributed by atoms with Crippen molar-refractivity contribution in [2.75, 3.05) is 13.2 Å². The quantitative estimate of drug-likeness (QED) is 0.860. The van der Waals surface area contributed by atoms with Gasteiger partial charge in [-0.2, -0.15) is 0 Å². The lowest BCUT2D eigenvalue weighted by molar-refractivity contribution is 0.0229. The van der Waals surface area contributed by atoms with Crippen molar-refractivity contribution in [3.63, 3.8) is 0 Å². The van der Waals surface area contributed by atoms with E-state index in [4.69, 9.17) is 4.74 Å². The van der Waals surface area contributed by atoms with E-state index >= 15 is 0 Å². The van der Waals surface area contributed by atoms with E-state index in [-0.39, 0.29) is 0 Å². The minimum absolute atomic E-state index is 0.385. The van der Waals surface area contributed by atoms with Gasteiger partial charge in [0.05, 0.1) is 6.61 Å². The van der Waals surface area contributed by atoms with Crippen LogP contribution in [0.4, 0.5) is 0 Å². The first-order valence-electron chi connectivity index (χ1n) is 6.38. The molecule has 3 nitrogen and oxygen atoms in total. The number of aliphatic hydroxyl groups is 1. The van der Waals surface area contributed by atoms with Gasteiger partial charge in [0.15, 0.2) is 0 Å². The van der Waals surface area contributed by atoms with Gasteiger partial charge < -0.3 is 9.84 Å². The molecule has 1 atom stereocenters. The lowest BCUT2D eigenvalue weighted by Crippen LogP contribution is -2.25. The Labute approximate surface area is 104 Å². The third kappa shape index (κ3) is 3.27. The molecule has 0 aromatic carbocycles. The Bertz CT molecular complexity index is 327. The van der Waals surface area contributed by atoms with Crippen molar-refractivity contribution in [3.8, 4) is 0 Å². The van der Waals surface area contributed by atoms with Gasteiger partial charge in [-0.1, -0.05) is 33.8 Å². The van der Waals surface area contributed by atoms with Gasteiger partial charge >= 0.3 is 0 Å². The van der Waals surface area contributed by atoms with E-state index < -0.39 is 5.60 Å². The van der Waals surface area contributed by atoms with Crippen LogP contribution < -0.4 is 0 Å². The van der Waals surface area contributed by atoms with Gasteiger partial charge in [-0.05, 0) is 12.0 Å². The summed E-state index contributed by atoms with van der Waals surface area (Å²) in [5.41, 5.74) is 1.10.